The summed E-state index contributed by atoms with van der Waals surface area (Å²) in [7, 11) is -9.28. The Hall–Kier alpha value is 4.94. The molecule has 11 nitrogen and oxygen atoms in total. The molecule has 0 spiro atoms. The van der Waals surface area contributed by atoms with E-state index < -0.39 is 15.6 Å². The standard InChI is InChI=1S/2Al.3Ca.2H3O4P.3O/c;;;;;2*1-5(2,3)4;;;/h;;;;;2*(H3,1,2,3,4);;;/q2*+3;3*+2;;;3*-2. The van der Waals surface area contributed by atoms with Gasteiger partial charge in [-0.05, 0) is 0 Å². The van der Waals surface area contributed by atoms with Gasteiger partial charge in [0.25, 0.3) is 0 Å². The quantitative estimate of drug-likeness (QED) is 0.166. The summed E-state index contributed by atoms with van der Waals surface area (Å²) in [5.74, 6) is 0. The van der Waals surface area contributed by atoms with Crippen molar-refractivity contribution in [2.24, 2.45) is 0 Å². The molecule has 18 heavy (non-hydrogen) atoms. The van der Waals surface area contributed by atoms with Crippen LogP contribution in [0.1, 0.15) is 0 Å². The molecule has 0 aromatic heterocycles. The van der Waals surface area contributed by atoms with Gasteiger partial charge >= 0.3 is 164 Å². The van der Waals surface area contributed by atoms with Gasteiger partial charge in [-0.15, -0.1) is 0 Å². The van der Waals surface area contributed by atoms with E-state index in [1.807, 2.05) is 0 Å². The second-order valence-corrected chi connectivity index (χ2v) is 3.08. The smallest absolute Gasteiger partial charge is 2.00 e. The SMILES string of the molecule is O=P(O)(O)O.O=P(O)(O)O.[Al+3].[Al+3].[Ca+2].[Ca+2].[Ca+2].[O-2].[O-2].[O-2]. The molecule has 0 aliphatic rings. The fourth-order valence-corrected chi connectivity index (χ4v) is 0. The molecule has 0 heterocycles. The van der Waals surface area contributed by atoms with Gasteiger partial charge < -0.3 is 45.8 Å². The molecular weight excluding hydrogens is 412 g/mol. The summed E-state index contributed by atoms with van der Waals surface area (Å²) in [6.07, 6.45) is 0. The summed E-state index contributed by atoms with van der Waals surface area (Å²) in [5, 5.41) is 0. The van der Waals surface area contributed by atoms with Gasteiger partial charge in [0, 0.05) is 0 Å². The molecule has 0 rings (SSSR count). The minimum Gasteiger partial charge on any atom is -2.00 e. The first-order valence-electron chi connectivity index (χ1n) is 1.57. The Bertz CT molecular complexity index is 141. The van der Waals surface area contributed by atoms with Gasteiger partial charge in [-0.25, -0.2) is 9.13 Å². The second kappa shape index (κ2) is 33.5. The van der Waals surface area contributed by atoms with E-state index in [1.54, 1.807) is 0 Å². The van der Waals surface area contributed by atoms with Crippen LogP contribution in [0.2, 0.25) is 0 Å². The molecular formula is H6Al2Ca3O11P2+6. The molecule has 18 heteroatoms. The molecule has 0 aliphatic carbocycles. The first-order chi connectivity index (χ1) is 4.00. The molecule has 0 atom stereocenters. The Kier molecular flexibility index (Phi) is 123. The zero-order chi connectivity index (χ0) is 9.00. The van der Waals surface area contributed by atoms with E-state index in [1.165, 1.54) is 0 Å². The van der Waals surface area contributed by atoms with Gasteiger partial charge in [-0.1, -0.05) is 0 Å². The van der Waals surface area contributed by atoms with Crippen molar-refractivity contribution in [2.75, 3.05) is 0 Å². The van der Waals surface area contributed by atoms with Gasteiger partial charge in [-0.3, -0.25) is 0 Å². The summed E-state index contributed by atoms with van der Waals surface area (Å²) in [6, 6.07) is 0. The third kappa shape index (κ3) is 341. The number of phosphoric acid groups is 2. The number of hydrogen-bond donors (Lipinski definition) is 6. The van der Waals surface area contributed by atoms with Crippen molar-refractivity contribution < 1.29 is 54.9 Å². The van der Waals surface area contributed by atoms with Crippen molar-refractivity contribution in [1.29, 1.82) is 0 Å². The minimum absolute atomic E-state index is 0. The molecule has 0 saturated carbocycles. The average molecular weight is 418 g/mol. The van der Waals surface area contributed by atoms with Crippen LogP contribution >= 0.6 is 15.6 Å². The maximum absolute atomic E-state index is 8.88. The van der Waals surface area contributed by atoms with Crippen LogP contribution in [0, 0.1) is 0 Å². The molecule has 0 saturated heterocycles. The van der Waals surface area contributed by atoms with Crippen molar-refractivity contribution in [2.45, 2.75) is 0 Å². The van der Waals surface area contributed by atoms with Crippen molar-refractivity contribution in [3.8, 4) is 0 Å². The van der Waals surface area contributed by atoms with Crippen LogP contribution in [-0.2, 0) is 25.6 Å². The molecule has 6 N–H and O–H groups in total. The largest absolute Gasteiger partial charge is 3.00 e. The maximum atomic E-state index is 8.88. The first kappa shape index (κ1) is 65.9. The molecule has 0 aromatic carbocycles. The van der Waals surface area contributed by atoms with Crippen LogP contribution < -0.4 is 0 Å². The van der Waals surface area contributed by atoms with Crippen LogP contribution in [-0.4, -0.2) is 177 Å². The Morgan fingerprint density at radius 1 is 0.500 bits per heavy atom. The summed E-state index contributed by atoms with van der Waals surface area (Å²) in [5.41, 5.74) is 0. The monoisotopic (exact) mass is 418 g/mol. The summed E-state index contributed by atoms with van der Waals surface area (Å²) in [6.45, 7) is 0. The van der Waals surface area contributed by atoms with Crippen molar-refractivity contribution in [3.63, 3.8) is 0 Å². The Labute approximate surface area is 214 Å². The van der Waals surface area contributed by atoms with E-state index in [4.69, 9.17) is 38.5 Å². The number of rotatable bonds is 0. The molecule has 0 aromatic rings. The van der Waals surface area contributed by atoms with Crippen LogP contribution in [0.5, 0.6) is 0 Å². The van der Waals surface area contributed by atoms with E-state index in [0.717, 1.165) is 0 Å². The van der Waals surface area contributed by atoms with E-state index in [-0.39, 0.29) is 164 Å². The number of hydrogen-bond acceptors (Lipinski definition) is 2. The van der Waals surface area contributed by atoms with Crippen LogP contribution in [0.15, 0.2) is 0 Å². The van der Waals surface area contributed by atoms with E-state index in [0.29, 0.717) is 0 Å². The normalized spacial score (nSPS) is 6.56. The van der Waals surface area contributed by atoms with Gasteiger partial charge in [0.2, 0.25) is 0 Å². The first-order valence-corrected chi connectivity index (χ1v) is 4.70. The minimum atomic E-state index is -4.64. The zero-order valence-corrected chi connectivity index (χ0v) is 19.6. The topological polar surface area (TPSA) is 241 Å². The Morgan fingerprint density at radius 2 is 0.500 bits per heavy atom. The molecule has 0 amide bonds. The molecule has 88 valence electrons. The predicted octanol–water partition coefficient (Wildman–Crippen LogP) is -4.12. The third-order valence-electron chi connectivity index (χ3n) is 0. The second-order valence-electron chi connectivity index (χ2n) is 1.03. The van der Waals surface area contributed by atoms with Gasteiger partial charge in [0.15, 0.2) is 0 Å². The third-order valence-corrected chi connectivity index (χ3v) is 0. The Balaban J connectivity index is -0.00000000615. The summed E-state index contributed by atoms with van der Waals surface area (Å²) in [4.78, 5) is 43.1. The Morgan fingerprint density at radius 3 is 0.500 bits per heavy atom. The predicted molar refractivity (Wildman–Crippen MR) is 59.4 cm³/mol. The molecule has 0 fully saturated rings. The van der Waals surface area contributed by atoms with Gasteiger partial charge in [0.05, 0.1) is 0 Å². The van der Waals surface area contributed by atoms with Crippen LogP contribution in [0.4, 0.5) is 0 Å². The van der Waals surface area contributed by atoms with E-state index in [2.05, 4.69) is 0 Å². The van der Waals surface area contributed by atoms with Crippen LogP contribution in [0.3, 0.4) is 0 Å². The van der Waals surface area contributed by atoms with Gasteiger partial charge in [-0.2, -0.15) is 0 Å². The fraction of sp³-hybridized carbons (Fsp3) is 0. The van der Waals surface area contributed by atoms with Crippen molar-refractivity contribution in [1.82, 2.24) is 0 Å². The zero-order valence-electron chi connectivity index (χ0n) is 8.89. The summed E-state index contributed by atoms with van der Waals surface area (Å²) >= 11 is 0. The van der Waals surface area contributed by atoms with E-state index in [9.17, 15) is 0 Å². The van der Waals surface area contributed by atoms with E-state index >= 15 is 0 Å². The van der Waals surface area contributed by atoms with Crippen molar-refractivity contribution in [3.05, 3.63) is 0 Å². The van der Waals surface area contributed by atoms with Crippen LogP contribution in [0.25, 0.3) is 0 Å². The van der Waals surface area contributed by atoms with Crippen molar-refractivity contribution >= 4 is 164 Å². The maximum Gasteiger partial charge on any atom is 3.00 e. The van der Waals surface area contributed by atoms with Gasteiger partial charge in [0.1, 0.15) is 0 Å². The molecule has 0 radical (unpaired) electrons. The molecule has 0 aliphatic heterocycles. The average Bonchev–Trinajstić information content (AvgIpc) is 1.12. The molecule has 0 bridgehead atoms. The molecule has 0 unspecified atom stereocenters. The fourth-order valence-electron chi connectivity index (χ4n) is 0. The summed E-state index contributed by atoms with van der Waals surface area (Å²) < 4.78 is 17.8.